The minimum atomic E-state index is -4.71. The molecule has 0 amide bonds. The van der Waals surface area contributed by atoms with Gasteiger partial charge in [-0.25, -0.2) is 9.67 Å². The van der Waals surface area contributed by atoms with Crippen LogP contribution in [0, 0.1) is 0 Å². The zero-order valence-electron chi connectivity index (χ0n) is 22.5. The normalized spacial score (nSPS) is 17.8. The predicted octanol–water partition coefficient (Wildman–Crippen LogP) is 7.20. The number of carboxylic acids is 1. The molecular formula is C30H23F6N3O4. The molecule has 3 aromatic carbocycles. The van der Waals surface area contributed by atoms with Crippen molar-refractivity contribution in [3.8, 4) is 34.0 Å². The van der Waals surface area contributed by atoms with Gasteiger partial charge >= 0.3 is 18.3 Å². The number of hydrogen-bond donors (Lipinski definition) is 1. The van der Waals surface area contributed by atoms with Crippen molar-refractivity contribution >= 4 is 5.97 Å². The monoisotopic (exact) mass is 603 g/mol. The van der Waals surface area contributed by atoms with Gasteiger partial charge in [0.15, 0.2) is 5.82 Å². The molecule has 1 aliphatic heterocycles. The molecule has 1 aromatic heterocycles. The SMILES string of the molecule is Cn1nc(-c2ccc(-c3c(C(F)(F)F)ccc4c3CC[C@H]4Oc3ccc4c(c3)OC[C@H]4CC(=O)O)cc2)nc1C(F)(F)F. The van der Waals surface area contributed by atoms with Gasteiger partial charge in [-0.15, -0.1) is 0 Å². The average molecular weight is 604 g/mol. The Kier molecular flexibility index (Phi) is 6.85. The van der Waals surface area contributed by atoms with E-state index in [1.807, 2.05) is 0 Å². The minimum absolute atomic E-state index is 0.0126. The van der Waals surface area contributed by atoms with Crippen LogP contribution in [0.4, 0.5) is 26.3 Å². The Hall–Kier alpha value is -4.55. The van der Waals surface area contributed by atoms with Crippen LogP contribution in [0.15, 0.2) is 54.6 Å². The molecule has 0 saturated heterocycles. The van der Waals surface area contributed by atoms with Crippen molar-refractivity contribution in [1.29, 1.82) is 0 Å². The van der Waals surface area contributed by atoms with Gasteiger partial charge < -0.3 is 14.6 Å². The first-order chi connectivity index (χ1) is 20.3. The van der Waals surface area contributed by atoms with Gasteiger partial charge in [-0.1, -0.05) is 36.4 Å². The number of fused-ring (bicyclic) bond motifs is 2. The molecule has 4 aromatic rings. The predicted molar refractivity (Wildman–Crippen MR) is 140 cm³/mol. The van der Waals surface area contributed by atoms with E-state index in [2.05, 4.69) is 10.1 Å². The van der Waals surface area contributed by atoms with Crippen molar-refractivity contribution in [3.63, 3.8) is 0 Å². The summed E-state index contributed by atoms with van der Waals surface area (Å²) < 4.78 is 94.5. The molecule has 6 rings (SSSR count). The van der Waals surface area contributed by atoms with Crippen LogP contribution in [0.3, 0.4) is 0 Å². The van der Waals surface area contributed by atoms with E-state index >= 15 is 0 Å². The number of hydrogen-bond acceptors (Lipinski definition) is 5. The molecule has 0 radical (unpaired) electrons. The quantitative estimate of drug-likeness (QED) is 0.235. The number of ether oxygens (including phenoxy) is 2. The third kappa shape index (κ3) is 5.39. The molecule has 2 aliphatic rings. The number of benzene rings is 3. The molecule has 0 saturated carbocycles. The van der Waals surface area contributed by atoms with E-state index in [-0.39, 0.29) is 41.5 Å². The molecule has 1 aliphatic carbocycles. The van der Waals surface area contributed by atoms with E-state index < -0.39 is 35.8 Å². The first-order valence-corrected chi connectivity index (χ1v) is 13.3. The second-order valence-corrected chi connectivity index (χ2v) is 10.5. The van der Waals surface area contributed by atoms with Crippen molar-refractivity contribution in [2.75, 3.05) is 6.61 Å². The number of halogens is 6. The summed E-state index contributed by atoms with van der Waals surface area (Å²) in [4.78, 5) is 14.7. The second kappa shape index (κ2) is 10.3. The number of aryl methyl sites for hydroxylation is 1. The van der Waals surface area contributed by atoms with Crippen molar-refractivity contribution < 1.29 is 45.7 Å². The zero-order valence-corrected chi connectivity index (χ0v) is 22.5. The van der Waals surface area contributed by atoms with Gasteiger partial charge in [0.1, 0.15) is 17.6 Å². The van der Waals surface area contributed by atoms with Crippen LogP contribution >= 0.6 is 0 Å². The maximum absolute atomic E-state index is 14.2. The fraction of sp³-hybridized carbons (Fsp3) is 0.300. The fourth-order valence-electron chi connectivity index (χ4n) is 5.77. The number of rotatable bonds is 6. The highest BCUT2D eigenvalue weighted by atomic mass is 19.4. The molecule has 0 bridgehead atoms. The molecule has 0 unspecified atom stereocenters. The van der Waals surface area contributed by atoms with E-state index in [0.717, 1.165) is 18.7 Å². The number of nitrogens with zero attached hydrogens (tertiary/aromatic N) is 3. The summed E-state index contributed by atoms with van der Waals surface area (Å²) in [7, 11) is 1.11. The van der Waals surface area contributed by atoms with Crippen molar-refractivity contribution in [3.05, 3.63) is 82.7 Å². The molecule has 2 heterocycles. The Morgan fingerprint density at radius 1 is 1.00 bits per heavy atom. The van der Waals surface area contributed by atoms with E-state index in [1.54, 1.807) is 18.2 Å². The lowest BCUT2D eigenvalue weighted by atomic mass is 9.91. The highest BCUT2D eigenvalue weighted by Crippen LogP contribution is 2.47. The summed E-state index contributed by atoms with van der Waals surface area (Å²) in [6.07, 6.45) is -9.25. The smallest absolute Gasteiger partial charge is 0.451 e. The summed E-state index contributed by atoms with van der Waals surface area (Å²) in [6, 6.07) is 13.2. The number of aromatic nitrogens is 3. The summed E-state index contributed by atoms with van der Waals surface area (Å²) in [6.45, 7) is 0.236. The van der Waals surface area contributed by atoms with Crippen LogP contribution in [0.2, 0.25) is 0 Å². The maximum atomic E-state index is 14.2. The molecule has 13 heteroatoms. The van der Waals surface area contributed by atoms with Gasteiger partial charge in [0.2, 0.25) is 5.82 Å². The van der Waals surface area contributed by atoms with Crippen LogP contribution in [0.5, 0.6) is 11.5 Å². The highest BCUT2D eigenvalue weighted by Gasteiger charge is 2.39. The van der Waals surface area contributed by atoms with Crippen LogP contribution in [-0.4, -0.2) is 32.4 Å². The van der Waals surface area contributed by atoms with Gasteiger partial charge in [0.05, 0.1) is 18.6 Å². The van der Waals surface area contributed by atoms with Gasteiger partial charge in [-0.05, 0) is 47.2 Å². The van der Waals surface area contributed by atoms with Crippen LogP contribution in [0.1, 0.15) is 52.9 Å². The third-order valence-corrected chi connectivity index (χ3v) is 7.67. The molecule has 0 fully saturated rings. The summed E-state index contributed by atoms with van der Waals surface area (Å²) in [5, 5.41) is 12.9. The Balaban J connectivity index is 1.31. The second-order valence-electron chi connectivity index (χ2n) is 10.5. The van der Waals surface area contributed by atoms with Crippen LogP contribution < -0.4 is 9.47 Å². The molecule has 224 valence electrons. The summed E-state index contributed by atoms with van der Waals surface area (Å²) in [5.41, 5.74) is 1.46. The lowest BCUT2D eigenvalue weighted by molar-refractivity contribution is -0.147. The van der Waals surface area contributed by atoms with Crippen molar-refractivity contribution in [1.82, 2.24) is 14.8 Å². The van der Waals surface area contributed by atoms with E-state index in [9.17, 15) is 31.1 Å². The first-order valence-electron chi connectivity index (χ1n) is 13.3. The third-order valence-electron chi connectivity index (χ3n) is 7.67. The lowest BCUT2D eigenvalue weighted by Gasteiger charge is -2.20. The van der Waals surface area contributed by atoms with Crippen LogP contribution in [-0.2, 0) is 30.6 Å². The van der Waals surface area contributed by atoms with Crippen molar-refractivity contribution in [2.45, 2.75) is 43.6 Å². The topological polar surface area (TPSA) is 86.5 Å². The zero-order chi connectivity index (χ0) is 30.7. The van der Waals surface area contributed by atoms with Gasteiger partial charge in [0.25, 0.3) is 0 Å². The van der Waals surface area contributed by atoms with Gasteiger partial charge in [-0.2, -0.15) is 31.4 Å². The van der Waals surface area contributed by atoms with Crippen LogP contribution in [0.25, 0.3) is 22.5 Å². The minimum Gasteiger partial charge on any atom is -0.492 e. The Bertz CT molecular complexity index is 1710. The van der Waals surface area contributed by atoms with Crippen molar-refractivity contribution in [2.24, 2.45) is 7.05 Å². The molecular weight excluding hydrogens is 580 g/mol. The number of carboxylic acid groups (broad SMARTS) is 1. The highest BCUT2D eigenvalue weighted by molar-refractivity contribution is 5.76. The summed E-state index contributed by atoms with van der Waals surface area (Å²) >= 11 is 0. The number of carbonyl (C=O) groups is 1. The molecule has 0 spiro atoms. The average Bonchev–Trinajstić information content (AvgIpc) is 3.64. The summed E-state index contributed by atoms with van der Waals surface area (Å²) in [5.74, 6) is -1.63. The number of alkyl halides is 6. The van der Waals surface area contributed by atoms with E-state index in [0.29, 0.717) is 40.1 Å². The molecule has 7 nitrogen and oxygen atoms in total. The van der Waals surface area contributed by atoms with E-state index in [4.69, 9.17) is 14.6 Å². The largest absolute Gasteiger partial charge is 0.492 e. The Morgan fingerprint density at radius 2 is 1.70 bits per heavy atom. The standard InChI is InChI=1S/C30H23F6N3O4/c1-39-28(30(34,35)36)37-27(38-39)16-4-2-15(3-5-16)26-21-9-11-23(20(21)8-10-22(26)29(31,32)33)43-18-6-7-19-17(12-25(40)41)14-42-24(19)13-18/h2-8,10,13,17,23H,9,11-12,14H2,1H3,(H,40,41)/t17-,23-/m1/s1. The van der Waals surface area contributed by atoms with Gasteiger partial charge in [-0.3, -0.25) is 4.79 Å². The number of aliphatic carboxylic acids is 1. The maximum Gasteiger partial charge on any atom is 0.451 e. The Labute approximate surface area is 240 Å². The first kappa shape index (κ1) is 28.6. The molecule has 43 heavy (non-hydrogen) atoms. The Morgan fingerprint density at radius 3 is 2.35 bits per heavy atom. The molecule has 1 N–H and O–H groups in total. The lowest BCUT2D eigenvalue weighted by Crippen LogP contribution is -2.13. The molecule has 2 atom stereocenters. The fourth-order valence-corrected chi connectivity index (χ4v) is 5.77. The van der Waals surface area contributed by atoms with Gasteiger partial charge in [0, 0.05) is 30.2 Å². The van der Waals surface area contributed by atoms with E-state index in [1.165, 1.54) is 30.3 Å².